The highest BCUT2D eigenvalue weighted by atomic mass is 32.1. The Morgan fingerprint density at radius 2 is 2.00 bits per heavy atom. The maximum Gasteiger partial charge on any atom is 0.251 e. The van der Waals surface area contributed by atoms with Gasteiger partial charge in [0.1, 0.15) is 5.82 Å². The summed E-state index contributed by atoms with van der Waals surface area (Å²) >= 11 is 1.81. The number of nitrogens with zero attached hydrogens (tertiary/aromatic N) is 3. The molecule has 0 amide bonds. The molecule has 0 spiro atoms. The van der Waals surface area contributed by atoms with Gasteiger partial charge in [-0.3, -0.25) is 14.7 Å². The number of thiophene rings is 1. The summed E-state index contributed by atoms with van der Waals surface area (Å²) in [7, 11) is 0. The molecule has 1 saturated heterocycles. The summed E-state index contributed by atoms with van der Waals surface area (Å²) in [5, 5.41) is 2.13. The first-order chi connectivity index (χ1) is 12.3. The van der Waals surface area contributed by atoms with Gasteiger partial charge in [-0.25, -0.2) is 4.98 Å². The van der Waals surface area contributed by atoms with E-state index in [9.17, 15) is 4.79 Å². The first-order valence-electron chi connectivity index (χ1n) is 8.54. The Bertz CT molecular complexity index is 868. The van der Waals surface area contributed by atoms with Crippen molar-refractivity contribution in [2.24, 2.45) is 0 Å². The van der Waals surface area contributed by atoms with Crippen LogP contribution < -0.4 is 5.56 Å². The molecule has 4 heterocycles. The lowest BCUT2D eigenvalue weighted by Crippen LogP contribution is -2.32. The third kappa shape index (κ3) is 3.86. The smallest absolute Gasteiger partial charge is 0.251 e. The van der Waals surface area contributed by atoms with Crippen molar-refractivity contribution in [3.63, 3.8) is 0 Å². The molecule has 3 aromatic rings. The first kappa shape index (κ1) is 16.2. The van der Waals surface area contributed by atoms with Crippen molar-refractivity contribution in [3.05, 3.63) is 69.0 Å². The fourth-order valence-corrected chi connectivity index (χ4v) is 4.09. The number of pyridine rings is 1. The zero-order valence-corrected chi connectivity index (χ0v) is 14.7. The standard InChI is InChI=1S/C19H20N4OS/c24-18-12-17(21-19(22-18)15-3-7-20-8-4-15)14-5-9-23(10-6-14)13-16-2-1-11-25-16/h1-4,7-8,11-12,14H,5-6,9-10,13H2,(H,21,22,24). The number of hydrogen-bond donors (Lipinski definition) is 1. The van der Waals surface area contributed by atoms with Crippen LogP contribution in [-0.2, 0) is 6.54 Å². The maximum absolute atomic E-state index is 12.1. The van der Waals surface area contributed by atoms with E-state index >= 15 is 0 Å². The molecule has 0 unspecified atom stereocenters. The zero-order chi connectivity index (χ0) is 17.1. The fourth-order valence-electron chi connectivity index (χ4n) is 3.34. The Morgan fingerprint density at radius 1 is 1.20 bits per heavy atom. The molecular weight excluding hydrogens is 332 g/mol. The van der Waals surface area contributed by atoms with Crippen molar-refractivity contribution in [1.29, 1.82) is 0 Å². The molecule has 0 atom stereocenters. The summed E-state index contributed by atoms with van der Waals surface area (Å²) in [6.07, 6.45) is 5.51. The van der Waals surface area contributed by atoms with Crippen LogP contribution in [0.2, 0.25) is 0 Å². The number of hydrogen-bond acceptors (Lipinski definition) is 5. The highest BCUT2D eigenvalue weighted by Gasteiger charge is 2.22. The summed E-state index contributed by atoms with van der Waals surface area (Å²) in [5.41, 5.74) is 1.72. The van der Waals surface area contributed by atoms with Crippen LogP contribution in [0.3, 0.4) is 0 Å². The quantitative estimate of drug-likeness (QED) is 0.783. The number of aromatic amines is 1. The van der Waals surface area contributed by atoms with E-state index in [2.05, 4.69) is 32.4 Å². The van der Waals surface area contributed by atoms with Crippen molar-refractivity contribution in [2.75, 3.05) is 13.1 Å². The van der Waals surface area contributed by atoms with E-state index in [0.29, 0.717) is 11.7 Å². The van der Waals surface area contributed by atoms with Crippen LogP contribution in [0, 0.1) is 0 Å². The molecule has 0 aromatic carbocycles. The van der Waals surface area contributed by atoms with Gasteiger partial charge in [0.25, 0.3) is 5.56 Å². The molecule has 25 heavy (non-hydrogen) atoms. The van der Waals surface area contributed by atoms with E-state index in [1.807, 2.05) is 23.5 Å². The average Bonchev–Trinajstić information content (AvgIpc) is 3.16. The SMILES string of the molecule is O=c1cc(C2CCN(Cc3cccs3)CC2)nc(-c2ccncc2)[nH]1. The minimum Gasteiger partial charge on any atom is -0.307 e. The normalized spacial score (nSPS) is 16.2. The minimum absolute atomic E-state index is 0.0853. The van der Waals surface area contributed by atoms with Gasteiger partial charge < -0.3 is 4.98 Å². The Labute approximate surface area is 150 Å². The maximum atomic E-state index is 12.1. The van der Waals surface area contributed by atoms with E-state index < -0.39 is 0 Å². The molecule has 0 saturated carbocycles. The van der Waals surface area contributed by atoms with Crippen molar-refractivity contribution in [1.82, 2.24) is 19.9 Å². The van der Waals surface area contributed by atoms with Gasteiger partial charge in [-0.05, 0) is 49.5 Å². The lowest BCUT2D eigenvalue weighted by molar-refractivity contribution is 0.205. The van der Waals surface area contributed by atoms with Gasteiger partial charge >= 0.3 is 0 Å². The summed E-state index contributed by atoms with van der Waals surface area (Å²) in [6.45, 7) is 3.11. The molecule has 4 rings (SSSR count). The third-order valence-electron chi connectivity index (χ3n) is 4.68. The molecule has 0 bridgehead atoms. The van der Waals surface area contributed by atoms with E-state index in [0.717, 1.165) is 43.7 Å². The van der Waals surface area contributed by atoms with Gasteiger partial charge in [0.2, 0.25) is 0 Å². The fraction of sp³-hybridized carbons (Fsp3) is 0.316. The van der Waals surface area contributed by atoms with Crippen LogP contribution >= 0.6 is 11.3 Å². The molecule has 1 fully saturated rings. The molecule has 1 N–H and O–H groups in total. The van der Waals surface area contributed by atoms with Crippen LogP contribution in [0.5, 0.6) is 0 Å². The Morgan fingerprint density at radius 3 is 2.72 bits per heavy atom. The van der Waals surface area contributed by atoms with Gasteiger partial charge in [0, 0.05) is 41.4 Å². The number of H-pyrrole nitrogens is 1. The van der Waals surface area contributed by atoms with Crippen LogP contribution in [0.15, 0.2) is 52.9 Å². The lowest BCUT2D eigenvalue weighted by Gasteiger charge is -2.31. The zero-order valence-electron chi connectivity index (χ0n) is 13.9. The summed E-state index contributed by atoms with van der Waals surface area (Å²) in [6, 6.07) is 9.69. The van der Waals surface area contributed by atoms with E-state index in [1.54, 1.807) is 18.5 Å². The monoisotopic (exact) mass is 352 g/mol. The number of nitrogens with one attached hydrogen (secondary N) is 1. The number of rotatable bonds is 4. The van der Waals surface area contributed by atoms with E-state index in [4.69, 9.17) is 4.98 Å². The van der Waals surface area contributed by atoms with Crippen molar-refractivity contribution in [3.8, 4) is 11.4 Å². The second-order valence-electron chi connectivity index (χ2n) is 6.38. The molecule has 0 aliphatic carbocycles. The van der Waals surface area contributed by atoms with Crippen LogP contribution in [-0.4, -0.2) is 32.9 Å². The average molecular weight is 352 g/mol. The molecular formula is C19H20N4OS. The van der Waals surface area contributed by atoms with Gasteiger partial charge in [-0.1, -0.05) is 6.07 Å². The number of piperidine rings is 1. The number of likely N-dealkylation sites (tertiary alicyclic amines) is 1. The predicted octanol–water partition coefficient (Wildman–Crippen LogP) is 3.27. The molecule has 1 aliphatic rings. The van der Waals surface area contributed by atoms with Gasteiger partial charge in [0.05, 0.1) is 5.69 Å². The second-order valence-corrected chi connectivity index (χ2v) is 7.42. The molecule has 0 radical (unpaired) electrons. The minimum atomic E-state index is -0.0853. The first-order valence-corrected chi connectivity index (χ1v) is 9.42. The van der Waals surface area contributed by atoms with Crippen LogP contribution in [0.1, 0.15) is 29.3 Å². The topological polar surface area (TPSA) is 61.9 Å². The van der Waals surface area contributed by atoms with Gasteiger partial charge in [0.15, 0.2) is 0 Å². The van der Waals surface area contributed by atoms with E-state index in [1.165, 1.54) is 4.88 Å². The Hall–Kier alpha value is -2.31. The summed E-state index contributed by atoms with van der Waals surface area (Å²) < 4.78 is 0. The summed E-state index contributed by atoms with van der Waals surface area (Å²) in [5.74, 6) is 0.980. The van der Waals surface area contributed by atoms with Gasteiger partial charge in [-0.15, -0.1) is 11.3 Å². The lowest BCUT2D eigenvalue weighted by atomic mass is 9.93. The van der Waals surface area contributed by atoms with Crippen LogP contribution in [0.4, 0.5) is 0 Å². The molecule has 1 aliphatic heterocycles. The van der Waals surface area contributed by atoms with Crippen molar-refractivity contribution < 1.29 is 0 Å². The van der Waals surface area contributed by atoms with E-state index in [-0.39, 0.29) is 5.56 Å². The molecule has 5 nitrogen and oxygen atoms in total. The Balaban J connectivity index is 1.48. The Kier molecular flexibility index (Phi) is 4.72. The molecule has 128 valence electrons. The highest BCUT2D eigenvalue weighted by Crippen LogP contribution is 2.28. The molecule has 6 heteroatoms. The number of aromatic nitrogens is 3. The predicted molar refractivity (Wildman–Crippen MR) is 99.7 cm³/mol. The van der Waals surface area contributed by atoms with Gasteiger partial charge in [-0.2, -0.15) is 0 Å². The van der Waals surface area contributed by atoms with Crippen molar-refractivity contribution in [2.45, 2.75) is 25.3 Å². The third-order valence-corrected chi connectivity index (χ3v) is 5.54. The van der Waals surface area contributed by atoms with Crippen molar-refractivity contribution >= 4 is 11.3 Å². The molecule has 3 aromatic heterocycles. The summed E-state index contributed by atoms with van der Waals surface area (Å²) in [4.78, 5) is 27.6. The van der Waals surface area contributed by atoms with Crippen LogP contribution in [0.25, 0.3) is 11.4 Å². The largest absolute Gasteiger partial charge is 0.307 e. The highest BCUT2D eigenvalue weighted by molar-refractivity contribution is 7.09. The second kappa shape index (κ2) is 7.29.